The molecule has 4 atom stereocenters. The highest BCUT2D eigenvalue weighted by atomic mass is 79.9. The van der Waals surface area contributed by atoms with E-state index in [1.807, 2.05) is 0 Å². The number of ether oxygens (including phenoxy) is 1. The van der Waals surface area contributed by atoms with Crippen molar-refractivity contribution in [2.24, 2.45) is 5.92 Å². The van der Waals surface area contributed by atoms with E-state index < -0.39 is 0 Å². The molecule has 0 amide bonds. The summed E-state index contributed by atoms with van der Waals surface area (Å²) in [6.45, 7) is 6.52. The number of hydrogen-bond donors (Lipinski definition) is 0. The second kappa shape index (κ2) is 5.55. The quantitative estimate of drug-likeness (QED) is 0.787. The Bertz CT molecular complexity index is 420. The summed E-state index contributed by atoms with van der Waals surface area (Å²) in [5.41, 5.74) is 1.40. The van der Waals surface area contributed by atoms with Gasteiger partial charge in [-0.3, -0.25) is 4.90 Å². The molecule has 1 aromatic carbocycles. The largest absolute Gasteiger partial charge is 0.374 e. The number of benzene rings is 1. The molecule has 0 radical (unpaired) electrons. The Kier molecular flexibility index (Phi) is 3.97. The van der Waals surface area contributed by atoms with E-state index in [1.54, 1.807) is 0 Å². The van der Waals surface area contributed by atoms with E-state index in [2.05, 4.69) is 65.0 Å². The number of fused-ring (bicyclic) bond motifs is 2. The zero-order chi connectivity index (χ0) is 13.4. The molecule has 1 aliphatic carbocycles. The predicted octanol–water partition coefficient (Wildman–Crippen LogP) is 3.45. The molecule has 2 bridgehead atoms. The molecule has 0 unspecified atom stereocenters. The fourth-order valence-corrected chi connectivity index (χ4v) is 4.62. The van der Waals surface area contributed by atoms with Crippen molar-refractivity contribution in [2.75, 3.05) is 6.54 Å². The summed E-state index contributed by atoms with van der Waals surface area (Å²) < 4.78 is 6.11. The van der Waals surface area contributed by atoms with Crippen LogP contribution in [-0.4, -0.2) is 34.5 Å². The number of likely N-dealkylation sites (tertiary alicyclic amines) is 1. The lowest BCUT2D eigenvalue weighted by Crippen LogP contribution is -2.44. The minimum Gasteiger partial charge on any atom is -0.374 e. The number of hydrogen-bond acceptors (Lipinski definition) is 2. The Morgan fingerprint density at radius 2 is 2.05 bits per heavy atom. The van der Waals surface area contributed by atoms with Gasteiger partial charge in [-0.15, -0.1) is 0 Å². The minimum atomic E-state index is 0.322. The van der Waals surface area contributed by atoms with Crippen LogP contribution < -0.4 is 0 Å². The van der Waals surface area contributed by atoms with Crippen LogP contribution >= 0.6 is 15.9 Å². The van der Waals surface area contributed by atoms with Gasteiger partial charge in [-0.05, 0) is 31.7 Å². The predicted molar refractivity (Wildman–Crippen MR) is 81.5 cm³/mol. The Morgan fingerprint density at radius 3 is 2.68 bits per heavy atom. The third-order valence-electron chi connectivity index (χ3n) is 4.26. The second-order valence-electron chi connectivity index (χ2n) is 6.07. The molecule has 0 spiro atoms. The first-order chi connectivity index (χ1) is 9.15. The van der Waals surface area contributed by atoms with E-state index in [-0.39, 0.29) is 0 Å². The molecule has 19 heavy (non-hydrogen) atoms. The summed E-state index contributed by atoms with van der Waals surface area (Å²) in [5, 5.41) is 0. The van der Waals surface area contributed by atoms with Crippen LogP contribution in [0.4, 0.5) is 0 Å². The third-order valence-corrected chi connectivity index (χ3v) is 5.55. The molecule has 104 valence electrons. The first kappa shape index (κ1) is 13.6. The molecule has 3 rings (SSSR count). The van der Waals surface area contributed by atoms with Crippen molar-refractivity contribution < 1.29 is 4.74 Å². The van der Waals surface area contributed by atoms with Crippen LogP contribution in [-0.2, 0) is 11.3 Å². The highest BCUT2D eigenvalue weighted by molar-refractivity contribution is 9.09. The zero-order valence-corrected chi connectivity index (χ0v) is 13.2. The molecule has 2 fully saturated rings. The van der Waals surface area contributed by atoms with Gasteiger partial charge in [0.15, 0.2) is 0 Å². The van der Waals surface area contributed by atoms with Crippen LogP contribution in [0, 0.1) is 5.92 Å². The van der Waals surface area contributed by atoms with Crippen molar-refractivity contribution in [1.29, 1.82) is 0 Å². The van der Waals surface area contributed by atoms with Gasteiger partial charge in [0.05, 0.1) is 12.2 Å². The number of piperidine rings is 1. The maximum absolute atomic E-state index is 6.11. The summed E-state index contributed by atoms with van der Waals surface area (Å²) in [6, 6.07) is 11.3. The summed E-state index contributed by atoms with van der Waals surface area (Å²) >= 11 is 3.89. The number of alkyl halides is 1. The lowest BCUT2D eigenvalue weighted by molar-refractivity contribution is -0.0433. The van der Waals surface area contributed by atoms with Crippen molar-refractivity contribution in [1.82, 2.24) is 4.90 Å². The molecule has 1 heterocycles. The molecule has 1 aromatic rings. The molecule has 0 N–H and O–H groups in total. The van der Waals surface area contributed by atoms with Crippen molar-refractivity contribution in [3.63, 3.8) is 0 Å². The van der Waals surface area contributed by atoms with E-state index in [0.29, 0.717) is 23.1 Å². The maximum Gasteiger partial charge on any atom is 0.0748 e. The van der Waals surface area contributed by atoms with Gasteiger partial charge < -0.3 is 4.74 Å². The SMILES string of the molecule is CC(C)O[C@@H]1C[C@H]2CN(Cc3ccccc3)[C@H]1[C@@H]2Br. The molecule has 2 nitrogen and oxygen atoms in total. The Labute approximate surface area is 124 Å². The van der Waals surface area contributed by atoms with E-state index in [1.165, 1.54) is 18.5 Å². The van der Waals surface area contributed by atoms with Gasteiger partial charge in [-0.25, -0.2) is 0 Å². The van der Waals surface area contributed by atoms with Crippen molar-refractivity contribution >= 4 is 15.9 Å². The van der Waals surface area contributed by atoms with E-state index in [0.717, 1.165) is 12.5 Å². The van der Waals surface area contributed by atoms with E-state index >= 15 is 0 Å². The van der Waals surface area contributed by atoms with Crippen LogP contribution in [0.3, 0.4) is 0 Å². The van der Waals surface area contributed by atoms with Crippen LogP contribution in [0.1, 0.15) is 25.8 Å². The number of nitrogens with zero attached hydrogens (tertiary/aromatic N) is 1. The first-order valence-corrected chi connectivity index (χ1v) is 8.14. The summed E-state index contributed by atoms with van der Waals surface area (Å²) in [5.74, 6) is 0.748. The highest BCUT2D eigenvalue weighted by Crippen LogP contribution is 2.44. The molecular formula is C16H22BrNO. The Balaban J connectivity index is 1.70. The maximum atomic E-state index is 6.11. The van der Waals surface area contributed by atoms with Gasteiger partial charge in [-0.1, -0.05) is 46.3 Å². The van der Waals surface area contributed by atoms with Crippen molar-refractivity contribution in [3.05, 3.63) is 35.9 Å². The van der Waals surface area contributed by atoms with Gasteiger partial charge in [-0.2, -0.15) is 0 Å². The topological polar surface area (TPSA) is 12.5 Å². The molecule has 1 aliphatic heterocycles. The molecular weight excluding hydrogens is 302 g/mol. The van der Waals surface area contributed by atoms with E-state index in [9.17, 15) is 0 Å². The van der Waals surface area contributed by atoms with E-state index in [4.69, 9.17) is 4.74 Å². The zero-order valence-electron chi connectivity index (χ0n) is 11.6. The smallest absolute Gasteiger partial charge is 0.0748 e. The minimum absolute atomic E-state index is 0.322. The van der Waals surface area contributed by atoms with Crippen LogP contribution in [0.2, 0.25) is 0 Å². The summed E-state index contributed by atoms with van der Waals surface area (Å²) in [6.07, 6.45) is 1.93. The lowest BCUT2D eigenvalue weighted by atomic mass is 10.1. The molecule has 2 aliphatic rings. The molecule has 1 saturated heterocycles. The lowest BCUT2D eigenvalue weighted by Gasteiger charge is -2.34. The van der Waals surface area contributed by atoms with Gasteiger partial charge in [0.1, 0.15) is 0 Å². The number of rotatable bonds is 4. The fourth-order valence-electron chi connectivity index (χ4n) is 3.56. The second-order valence-corrected chi connectivity index (χ2v) is 7.13. The monoisotopic (exact) mass is 323 g/mol. The summed E-state index contributed by atoms with van der Waals surface area (Å²) in [4.78, 5) is 3.19. The number of halogens is 1. The normalized spacial score (nSPS) is 34.3. The average molecular weight is 324 g/mol. The molecule has 1 saturated carbocycles. The Morgan fingerprint density at radius 1 is 1.32 bits per heavy atom. The first-order valence-electron chi connectivity index (χ1n) is 7.22. The van der Waals surface area contributed by atoms with Crippen LogP contribution in [0.25, 0.3) is 0 Å². The third kappa shape index (κ3) is 2.74. The van der Waals surface area contributed by atoms with Crippen LogP contribution in [0.5, 0.6) is 0 Å². The summed E-state index contributed by atoms with van der Waals surface area (Å²) in [7, 11) is 0. The standard InChI is InChI=1S/C16H22BrNO/c1-11(2)19-14-8-13-10-18(16(14)15(13)17)9-12-6-4-3-5-7-12/h3-7,11,13-16H,8-10H2,1-2H3/t13-,14+,15+,16+/m0/s1. The van der Waals surface area contributed by atoms with Crippen molar-refractivity contribution in [2.45, 2.75) is 49.9 Å². The molecule has 0 aromatic heterocycles. The average Bonchev–Trinajstić information content (AvgIpc) is 2.81. The van der Waals surface area contributed by atoms with Gasteiger partial charge in [0, 0.05) is 24.0 Å². The Hall–Kier alpha value is -0.380. The van der Waals surface area contributed by atoms with Crippen LogP contribution in [0.15, 0.2) is 30.3 Å². The van der Waals surface area contributed by atoms with Gasteiger partial charge in [0.2, 0.25) is 0 Å². The fraction of sp³-hybridized carbons (Fsp3) is 0.625. The highest BCUT2D eigenvalue weighted by Gasteiger charge is 2.52. The van der Waals surface area contributed by atoms with Gasteiger partial charge >= 0.3 is 0 Å². The molecule has 3 heteroatoms. The van der Waals surface area contributed by atoms with Gasteiger partial charge in [0.25, 0.3) is 0 Å². The van der Waals surface area contributed by atoms with Crippen molar-refractivity contribution in [3.8, 4) is 0 Å².